The fourth-order valence-electron chi connectivity index (χ4n) is 2.13. The Morgan fingerprint density at radius 3 is 2.58 bits per heavy atom. The summed E-state index contributed by atoms with van der Waals surface area (Å²) in [5.41, 5.74) is 4.98. The van der Waals surface area contributed by atoms with Gasteiger partial charge in [-0.2, -0.15) is 0 Å². The number of nitrogens with two attached hydrogens (primary N) is 1. The zero-order valence-corrected chi connectivity index (χ0v) is 11.2. The van der Waals surface area contributed by atoms with Crippen molar-refractivity contribution in [3.63, 3.8) is 0 Å². The summed E-state index contributed by atoms with van der Waals surface area (Å²) in [6.45, 7) is 2.04. The molecule has 0 heterocycles. The molecule has 2 rings (SSSR count). The number of nitrogens with zero attached hydrogens (tertiary/aromatic N) is 1. The first-order valence-corrected chi connectivity index (χ1v) is 7.34. The van der Waals surface area contributed by atoms with Gasteiger partial charge in [0, 0.05) is 12.1 Å². The van der Waals surface area contributed by atoms with E-state index < -0.39 is 20.6 Å². The van der Waals surface area contributed by atoms with E-state index in [1.807, 2.05) is 6.92 Å². The molecule has 1 aliphatic rings. The number of hydrogen-bond acceptors (Lipinski definition) is 5. The molecular formula is C11H15N3O4S. The third kappa shape index (κ3) is 2.85. The van der Waals surface area contributed by atoms with Crippen LogP contribution in [0.3, 0.4) is 0 Å². The quantitative estimate of drug-likeness (QED) is 0.491. The second-order valence-corrected chi connectivity index (χ2v) is 6.59. The van der Waals surface area contributed by atoms with Gasteiger partial charge in [0.2, 0.25) is 10.0 Å². The van der Waals surface area contributed by atoms with Crippen molar-refractivity contribution in [3.05, 3.63) is 28.3 Å². The van der Waals surface area contributed by atoms with Crippen LogP contribution in [0.15, 0.2) is 23.1 Å². The highest BCUT2D eigenvalue weighted by molar-refractivity contribution is 7.89. The molecule has 7 nitrogen and oxygen atoms in total. The predicted octanol–water partition coefficient (Wildman–Crippen LogP) is 1.25. The molecule has 1 saturated carbocycles. The molecule has 1 aliphatic carbocycles. The summed E-state index contributed by atoms with van der Waals surface area (Å²) in [6.07, 6.45) is 1.58. The molecule has 1 aromatic carbocycles. The van der Waals surface area contributed by atoms with Gasteiger partial charge in [-0.15, -0.1) is 0 Å². The normalized spacial score (nSPS) is 22.8. The van der Waals surface area contributed by atoms with E-state index in [1.54, 1.807) is 0 Å². The van der Waals surface area contributed by atoms with Crippen molar-refractivity contribution < 1.29 is 13.3 Å². The van der Waals surface area contributed by atoms with Crippen LogP contribution in [0.25, 0.3) is 0 Å². The van der Waals surface area contributed by atoms with E-state index in [0.29, 0.717) is 5.92 Å². The maximum absolute atomic E-state index is 12.1. The lowest BCUT2D eigenvalue weighted by molar-refractivity contribution is -0.384. The monoisotopic (exact) mass is 285 g/mol. The zero-order chi connectivity index (χ0) is 14.2. The first kappa shape index (κ1) is 13.8. The summed E-state index contributed by atoms with van der Waals surface area (Å²) < 4.78 is 26.6. The van der Waals surface area contributed by atoms with E-state index in [0.717, 1.165) is 18.9 Å². The minimum absolute atomic E-state index is 0.0544. The summed E-state index contributed by atoms with van der Waals surface area (Å²) in [7, 11) is -3.73. The molecule has 0 spiro atoms. The van der Waals surface area contributed by atoms with Crippen LogP contribution in [0.2, 0.25) is 0 Å². The minimum Gasteiger partial charge on any atom is -0.393 e. The molecule has 0 aliphatic heterocycles. The van der Waals surface area contributed by atoms with Crippen LogP contribution in [0, 0.1) is 16.0 Å². The molecule has 0 bridgehead atoms. The predicted molar refractivity (Wildman–Crippen MR) is 70.0 cm³/mol. The lowest BCUT2D eigenvalue weighted by atomic mass is 9.83. The van der Waals surface area contributed by atoms with Gasteiger partial charge < -0.3 is 5.73 Å². The topological polar surface area (TPSA) is 115 Å². The van der Waals surface area contributed by atoms with E-state index in [4.69, 9.17) is 5.73 Å². The number of rotatable bonds is 4. The van der Waals surface area contributed by atoms with Gasteiger partial charge >= 0.3 is 0 Å². The Bertz CT molecular complexity index is 608. The molecule has 0 amide bonds. The molecular weight excluding hydrogens is 270 g/mol. The van der Waals surface area contributed by atoms with E-state index >= 15 is 0 Å². The van der Waals surface area contributed by atoms with Crippen LogP contribution in [0.4, 0.5) is 11.4 Å². The Balaban J connectivity index is 2.25. The summed E-state index contributed by atoms with van der Waals surface area (Å²) in [4.78, 5) is 9.92. The molecule has 0 unspecified atom stereocenters. The van der Waals surface area contributed by atoms with Gasteiger partial charge in [-0.25, -0.2) is 13.1 Å². The Morgan fingerprint density at radius 2 is 2.05 bits per heavy atom. The summed E-state index contributed by atoms with van der Waals surface area (Å²) in [6, 6.07) is 3.40. The minimum atomic E-state index is -3.73. The molecule has 0 aromatic heterocycles. The van der Waals surface area contributed by atoms with Crippen molar-refractivity contribution in [2.24, 2.45) is 5.92 Å². The number of nitro benzene ring substituents is 1. The fourth-order valence-corrected chi connectivity index (χ4v) is 3.42. The van der Waals surface area contributed by atoms with Crippen molar-refractivity contribution in [1.29, 1.82) is 0 Å². The van der Waals surface area contributed by atoms with Crippen LogP contribution in [0.1, 0.15) is 19.8 Å². The van der Waals surface area contributed by atoms with Gasteiger partial charge in [-0.3, -0.25) is 10.1 Å². The summed E-state index contributed by atoms with van der Waals surface area (Å²) in [5, 5.41) is 10.7. The number of hydrogen-bond donors (Lipinski definition) is 2. The number of sulfonamides is 1. The van der Waals surface area contributed by atoms with Crippen LogP contribution >= 0.6 is 0 Å². The van der Waals surface area contributed by atoms with Crippen molar-refractivity contribution >= 4 is 21.4 Å². The molecule has 0 atom stereocenters. The summed E-state index contributed by atoms with van der Waals surface area (Å²) in [5.74, 6) is 0.508. The Morgan fingerprint density at radius 1 is 1.42 bits per heavy atom. The highest BCUT2D eigenvalue weighted by Crippen LogP contribution is 2.29. The standard InChI is InChI=1S/C11H15N3O4S/c1-7-4-8(5-7)13-19(17,18)9-2-3-10(12)11(6-9)14(15)16/h2-3,6-8,13H,4-5,12H2,1H3. The second kappa shape index (κ2) is 4.78. The van der Waals surface area contributed by atoms with Crippen LogP contribution in [0.5, 0.6) is 0 Å². The van der Waals surface area contributed by atoms with Crippen LogP contribution in [-0.4, -0.2) is 19.4 Å². The van der Waals surface area contributed by atoms with Crippen molar-refractivity contribution in [2.75, 3.05) is 5.73 Å². The van der Waals surface area contributed by atoms with Gasteiger partial charge in [0.25, 0.3) is 5.69 Å². The molecule has 0 radical (unpaired) electrons. The van der Waals surface area contributed by atoms with E-state index in [9.17, 15) is 18.5 Å². The Kier molecular flexibility index (Phi) is 3.46. The molecule has 1 aromatic rings. The van der Waals surface area contributed by atoms with Gasteiger partial charge in [-0.05, 0) is 30.9 Å². The molecule has 3 N–H and O–H groups in total. The largest absolute Gasteiger partial charge is 0.393 e. The summed E-state index contributed by atoms with van der Waals surface area (Å²) >= 11 is 0. The van der Waals surface area contributed by atoms with Crippen LogP contribution < -0.4 is 10.5 Å². The van der Waals surface area contributed by atoms with Crippen molar-refractivity contribution in [1.82, 2.24) is 4.72 Å². The molecule has 1 fully saturated rings. The first-order chi connectivity index (χ1) is 8.79. The van der Waals surface area contributed by atoms with E-state index in [1.165, 1.54) is 12.1 Å². The lowest BCUT2D eigenvalue weighted by Crippen LogP contribution is -2.43. The number of nitrogens with one attached hydrogen (secondary N) is 1. The number of nitro groups is 1. The van der Waals surface area contributed by atoms with Crippen LogP contribution in [-0.2, 0) is 10.0 Å². The third-order valence-electron chi connectivity index (χ3n) is 3.20. The molecule has 8 heteroatoms. The average molecular weight is 285 g/mol. The van der Waals surface area contributed by atoms with Gasteiger partial charge in [0.1, 0.15) is 5.69 Å². The fraction of sp³-hybridized carbons (Fsp3) is 0.455. The maximum Gasteiger partial charge on any atom is 0.293 e. The van der Waals surface area contributed by atoms with Gasteiger partial charge in [0.15, 0.2) is 0 Å². The molecule has 0 saturated heterocycles. The number of nitrogen functional groups attached to an aromatic ring is 1. The van der Waals surface area contributed by atoms with Gasteiger partial charge in [0.05, 0.1) is 9.82 Å². The lowest BCUT2D eigenvalue weighted by Gasteiger charge is -2.32. The molecule has 104 valence electrons. The van der Waals surface area contributed by atoms with Gasteiger partial charge in [-0.1, -0.05) is 6.92 Å². The Hall–Kier alpha value is -1.67. The van der Waals surface area contributed by atoms with E-state index in [-0.39, 0.29) is 16.6 Å². The number of anilines is 1. The second-order valence-electron chi connectivity index (χ2n) is 4.87. The van der Waals surface area contributed by atoms with Crippen molar-refractivity contribution in [3.8, 4) is 0 Å². The third-order valence-corrected chi connectivity index (χ3v) is 4.72. The van der Waals surface area contributed by atoms with E-state index in [2.05, 4.69) is 4.72 Å². The highest BCUT2D eigenvalue weighted by Gasteiger charge is 2.30. The Labute approximate surface area is 111 Å². The first-order valence-electron chi connectivity index (χ1n) is 5.86. The maximum atomic E-state index is 12.1. The average Bonchev–Trinajstić information content (AvgIpc) is 2.26. The number of benzene rings is 1. The highest BCUT2D eigenvalue weighted by atomic mass is 32.2. The van der Waals surface area contributed by atoms with Crippen molar-refractivity contribution in [2.45, 2.75) is 30.7 Å². The smallest absolute Gasteiger partial charge is 0.293 e. The zero-order valence-electron chi connectivity index (χ0n) is 10.4. The SMILES string of the molecule is CC1CC(NS(=O)(=O)c2ccc(N)c([N+](=O)[O-])c2)C1. The molecule has 19 heavy (non-hydrogen) atoms.